The smallest absolute Gasteiger partial charge is 0.0903 e. The second kappa shape index (κ2) is 5.60. The molecule has 104 valence electrons. The third-order valence-corrected chi connectivity index (χ3v) is 5.91. The van der Waals surface area contributed by atoms with Gasteiger partial charge < -0.3 is 9.47 Å². The van der Waals surface area contributed by atoms with Crippen LogP contribution < -0.4 is 0 Å². The Morgan fingerprint density at radius 3 is 1.65 bits per heavy atom. The Kier molecular flexibility index (Phi) is 3.65. The molecule has 4 heteroatoms. The van der Waals surface area contributed by atoms with Crippen molar-refractivity contribution >= 4 is 34.3 Å². The third kappa shape index (κ3) is 2.98. The van der Waals surface area contributed by atoms with Gasteiger partial charge in [-0.15, -0.1) is 23.5 Å². The Hall–Kier alpha value is -0.680. The van der Waals surface area contributed by atoms with Crippen molar-refractivity contribution in [3.8, 4) is 0 Å². The molecule has 0 saturated carbocycles. The minimum absolute atomic E-state index is 0.472. The zero-order chi connectivity index (χ0) is 13.4. The van der Waals surface area contributed by atoms with Crippen LogP contribution in [-0.4, -0.2) is 36.9 Å². The number of fused-ring (bicyclic) bond motifs is 1. The van der Waals surface area contributed by atoms with Crippen LogP contribution in [0.2, 0.25) is 0 Å². The van der Waals surface area contributed by atoms with Gasteiger partial charge in [-0.25, -0.2) is 0 Å². The van der Waals surface area contributed by atoms with Crippen LogP contribution in [0.4, 0.5) is 0 Å². The van der Waals surface area contributed by atoms with Gasteiger partial charge in [0.15, 0.2) is 0 Å². The van der Waals surface area contributed by atoms with Crippen LogP contribution in [0.25, 0.3) is 10.8 Å². The summed E-state index contributed by atoms with van der Waals surface area (Å²) in [5, 5.41) is 2.72. The van der Waals surface area contributed by atoms with Gasteiger partial charge in [0.2, 0.25) is 0 Å². The van der Waals surface area contributed by atoms with Crippen LogP contribution in [0.3, 0.4) is 0 Å². The number of ether oxygens (including phenoxy) is 2. The highest BCUT2D eigenvalue weighted by Gasteiger charge is 2.24. The van der Waals surface area contributed by atoms with Crippen LogP contribution >= 0.6 is 23.5 Å². The predicted octanol–water partition coefficient (Wildman–Crippen LogP) is 3.82. The van der Waals surface area contributed by atoms with E-state index in [0.717, 1.165) is 24.7 Å². The van der Waals surface area contributed by atoms with Gasteiger partial charge in [-0.2, -0.15) is 0 Å². The lowest BCUT2D eigenvalue weighted by Crippen LogP contribution is -1.91. The molecule has 2 atom stereocenters. The Morgan fingerprint density at radius 1 is 0.800 bits per heavy atom. The molecule has 2 aliphatic heterocycles. The average Bonchev–Trinajstić information content (AvgIpc) is 3.38. The molecule has 0 amide bonds. The molecule has 0 N–H and O–H groups in total. The van der Waals surface area contributed by atoms with Gasteiger partial charge in [0.05, 0.1) is 25.4 Å². The maximum atomic E-state index is 5.30. The molecule has 4 rings (SSSR count). The molecule has 2 aliphatic rings. The van der Waals surface area contributed by atoms with Crippen molar-refractivity contribution in [3.05, 3.63) is 36.4 Å². The summed E-state index contributed by atoms with van der Waals surface area (Å²) in [5.41, 5.74) is 0. The van der Waals surface area contributed by atoms with E-state index in [1.54, 1.807) is 0 Å². The van der Waals surface area contributed by atoms with Gasteiger partial charge in [-0.1, -0.05) is 24.3 Å². The van der Waals surface area contributed by atoms with Crippen molar-refractivity contribution in [1.82, 2.24) is 0 Å². The Balaban J connectivity index is 1.61. The summed E-state index contributed by atoms with van der Waals surface area (Å²) in [6, 6.07) is 13.2. The topological polar surface area (TPSA) is 25.1 Å². The Bertz CT molecular complexity index is 566. The lowest BCUT2D eigenvalue weighted by atomic mass is 10.1. The normalized spacial score (nSPS) is 24.0. The minimum atomic E-state index is 0.472. The standard InChI is InChI=1S/C16H16O2S2/c1-2-4-14-13(3-1)15(19-9-11-7-17-11)5-6-16(14)20-10-12-8-18-12/h1-6,11-12H,7-10H2. The van der Waals surface area contributed by atoms with Gasteiger partial charge in [0.1, 0.15) is 0 Å². The minimum Gasteiger partial charge on any atom is -0.372 e. The highest BCUT2D eigenvalue weighted by Crippen LogP contribution is 2.36. The zero-order valence-corrected chi connectivity index (χ0v) is 12.7. The van der Waals surface area contributed by atoms with E-state index in [-0.39, 0.29) is 0 Å². The lowest BCUT2D eigenvalue weighted by molar-refractivity contribution is 0.426. The van der Waals surface area contributed by atoms with Crippen molar-refractivity contribution in [2.24, 2.45) is 0 Å². The van der Waals surface area contributed by atoms with Gasteiger partial charge in [0.25, 0.3) is 0 Å². The fourth-order valence-corrected chi connectivity index (χ4v) is 4.30. The SMILES string of the molecule is c1ccc2c(SCC3CO3)ccc(SCC3CO3)c2c1. The first-order valence-electron chi connectivity index (χ1n) is 6.91. The molecular formula is C16H16O2S2. The van der Waals surface area contributed by atoms with Crippen LogP contribution in [0, 0.1) is 0 Å². The van der Waals surface area contributed by atoms with Gasteiger partial charge in [0, 0.05) is 21.3 Å². The second-order valence-corrected chi connectivity index (χ2v) is 7.26. The van der Waals surface area contributed by atoms with E-state index in [0.29, 0.717) is 12.2 Å². The number of thioether (sulfide) groups is 2. The number of hydrogen-bond acceptors (Lipinski definition) is 4. The van der Waals surface area contributed by atoms with E-state index in [9.17, 15) is 0 Å². The Morgan fingerprint density at radius 2 is 1.25 bits per heavy atom. The molecule has 0 radical (unpaired) electrons. The van der Waals surface area contributed by atoms with Crippen molar-refractivity contribution in [2.45, 2.75) is 22.0 Å². The molecule has 2 nitrogen and oxygen atoms in total. The summed E-state index contributed by atoms with van der Waals surface area (Å²) in [7, 11) is 0. The summed E-state index contributed by atoms with van der Waals surface area (Å²) in [6.45, 7) is 1.86. The van der Waals surface area contributed by atoms with Crippen molar-refractivity contribution in [1.29, 1.82) is 0 Å². The highest BCUT2D eigenvalue weighted by molar-refractivity contribution is 8.00. The van der Waals surface area contributed by atoms with E-state index < -0.39 is 0 Å². The molecule has 0 bridgehead atoms. The van der Waals surface area contributed by atoms with Crippen molar-refractivity contribution < 1.29 is 9.47 Å². The number of epoxide rings is 2. The molecule has 2 aromatic carbocycles. The predicted molar refractivity (Wildman–Crippen MR) is 84.9 cm³/mol. The highest BCUT2D eigenvalue weighted by atomic mass is 32.2. The summed E-state index contributed by atoms with van der Waals surface area (Å²) in [4.78, 5) is 2.73. The molecule has 2 unspecified atom stereocenters. The average molecular weight is 304 g/mol. The Labute approximate surface area is 127 Å². The molecule has 2 aromatic rings. The summed E-state index contributed by atoms with van der Waals surface area (Å²) >= 11 is 3.81. The molecule has 0 aromatic heterocycles. The monoisotopic (exact) mass is 304 g/mol. The van der Waals surface area contributed by atoms with E-state index in [1.807, 2.05) is 23.5 Å². The number of benzene rings is 2. The van der Waals surface area contributed by atoms with Crippen LogP contribution in [0.15, 0.2) is 46.2 Å². The first-order chi connectivity index (χ1) is 9.90. The molecule has 0 spiro atoms. The largest absolute Gasteiger partial charge is 0.372 e. The number of hydrogen-bond donors (Lipinski definition) is 0. The van der Waals surface area contributed by atoms with Crippen LogP contribution in [0.1, 0.15) is 0 Å². The molecule has 2 saturated heterocycles. The van der Waals surface area contributed by atoms with Gasteiger partial charge >= 0.3 is 0 Å². The van der Waals surface area contributed by atoms with Crippen LogP contribution in [0.5, 0.6) is 0 Å². The van der Waals surface area contributed by atoms with Crippen molar-refractivity contribution in [2.75, 3.05) is 24.7 Å². The van der Waals surface area contributed by atoms with Crippen molar-refractivity contribution in [3.63, 3.8) is 0 Å². The fourth-order valence-electron chi connectivity index (χ4n) is 2.19. The first-order valence-corrected chi connectivity index (χ1v) is 8.88. The summed E-state index contributed by atoms with van der Waals surface area (Å²) in [5.74, 6) is 2.12. The molecule has 2 heterocycles. The molecule has 20 heavy (non-hydrogen) atoms. The maximum Gasteiger partial charge on any atom is 0.0903 e. The first kappa shape index (κ1) is 13.0. The summed E-state index contributed by atoms with van der Waals surface area (Å²) in [6.07, 6.45) is 0.944. The molecule has 0 aliphatic carbocycles. The molecule has 2 fully saturated rings. The van der Waals surface area contributed by atoms with E-state index in [4.69, 9.17) is 9.47 Å². The van der Waals surface area contributed by atoms with Crippen LogP contribution in [-0.2, 0) is 9.47 Å². The quantitative estimate of drug-likeness (QED) is 0.598. The third-order valence-electron chi connectivity index (χ3n) is 3.50. The maximum absolute atomic E-state index is 5.30. The van der Waals surface area contributed by atoms with Gasteiger partial charge in [-0.05, 0) is 22.9 Å². The van der Waals surface area contributed by atoms with E-state index >= 15 is 0 Å². The second-order valence-electron chi connectivity index (χ2n) is 5.14. The fraction of sp³-hybridized carbons (Fsp3) is 0.375. The van der Waals surface area contributed by atoms with Gasteiger partial charge in [-0.3, -0.25) is 0 Å². The number of rotatable bonds is 6. The van der Waals surface area contributed by atoms with E-state index in [1.165, 1.54) is 20.6 Å². The zero-order valence-electron chi connectivity index (χ0n) is 11.1. The molecular weight excluding hydrogens is 288 g/mol. The van der Waals surface area contributed by atoms with E-state index in [2.05, 4.69) is 36.4 Å². The lowest BCUT2D eigenvalue weighted by Gasteiger charge is -2.10. The summed E-state index contributed by atoms with van der Waals surface area (Å²) < 4.78 is 10.6.